The average Bonchev–Trinajstić information content (AvgIpc) is 3.91. The summed E-state index contributed by atoms with van der Waals surface area (Å²) in [5, 5.41) is 11.7. The van der Waals surface area contributed by atoms with Gasteiger partial charge in [0.15, 0.2) is 5.82 Å². The van der Waals surface area contributed by atoms with Gasteiger partial charge < -0.3 is 4.98 Å². The molecule has 0 radical (unpaired) electrons. The maximum atomic E-state index is 13.8. The third-order valence-corrected chi connectivity index (χ3v) is 9.73. The van der Waals surface area contributed by atoms with Crippen molar-refractivity contribution in [3.63, 3.8) is 0 Å². The largest absolute Gasteiger partial charge is 0.346 e. The summed E-state index contributed by atoms with van der Waals surface area (Å²) < 4.78 is 5.06. The summed E-state index contributed by atoms with van der Waals surface area (Å²) in [5.74, 6) is 0.412. The van der Waals surface area contributed by atoms with Crippen LogP contribution in [0, 0.1) is 20.8 Å². The average molecular weight is 673 g/mol. The van der Waals surface area contributed by atoms with Gasteiger partial charge >= 0.3 is 0 Å². The molecule has 0 bridgehead atoms. The van der Waals surface area contributed by atoms with Crippen molar-refractivity contribution in [1.29, 1.82) is 0 Å². The fourth-order valence-electron chi connectivity index (χ4n) is 6.96. The molecule has 0 aliphatic rings. The van der Waals surface area contributed by atoms with Gasteiger partial charge in [-0.15, -0.1) is 5.10 Å². The Bertz CT molecular complexity index is 2550. The monoisotopic (exact) mass is 672 g/mol. The number of carbonyl (C=O) groups is 2. The van der Waals surface area contributed by atoms with E-state index in [1.165, 1.54) is 4.68 Å². The van der Waals surface area contributed by atoms with Crippen LogP contribution < -0.4 is 0 Å². The molecule has 0 saturated heterocycles. The van der Waals surface area contributed by atoms with Crippen molar-refractivity contribution in [1.82, 2.24) is 39.1 Å². The van der Waals surface area contributed by atoms with Crippen LogP contribution in [0.5, 0.6) is 0 Å². The normalized spacial score (nSPS) is 11.5. The number of nitrogens with zero attached hydrogens (tertiary/aromatic N) is 7. The first-order valence-corrected chi connectivity index (χ1v) is 17.0. The van der Waals surface area contributed by atoms with Crippen LogP contribution in [0.25, 0.3) is 27.9 Å². The number of fused-ring (bicyclic) bond motifs is 2. The zero-order valence-electron chi connectivity index (χ0n) is 28.7. The van der Waals surface area contributed by atoms with Gasteiger partial charge in [-0.25, -0.2) is 19.3 Å². The second-order valence-electron chi connectivity index (χ2n) is 12.9. The molecule has 252 valence electrons. The Kier molecular flexibility index (Phi) is 8.19. The molecule has 0 spiro atoms. The van der Waals surface area contributed by atoms with Crippen molar-refractivity contribution < 1.29 is 9.59 Å². The van der Waals surface area contributed by atoms with E-state index in [9.17, 15) is 9.59 Å². The van der Waals surface area contributed by atoms with Crippen LogP contribution in [0.2, 0.25) is 0 Å². The number of pyridine rings is 2. The van der Waals surface area contributed by atoms with E-state index in [4.69, 9.17) is 10.1 Å². The molecule has 51 heavy (non-hydrogen) atoms. The minimum absolute atomic E-state index is 0.0733. The zero-order chi connectivity index (χ0) is 35.1. The van der Waals surface area contributed by atoms with E-state index < -0.39 is 0 Å². The minimum Gasteiger partial charge on any atom is -0.346 e. The molecular weight excluding hydrogens is 637 g/mol. The first-order valence-electron chi connectivity index (χ1n) is 17.0. The van der Waals surface area contributed by atoms with E-state index in [1.54, 1.807) is 29.2 Å². The molecule has 0 saturated carbocycles. The molecule has 6 aromatic heterocycles. The smallest absolute Gasteiger partial charge is 0.278 e. The van der Waals surface area contributed by atoms with Gasteiger partial charge in [-0.2, -0.15) is 5.10 Å². The third-order valence-electron chi connectivity index (χ3n) is 9.73. The Hall–Kier alpha value is -6.42. The number of aromatic nitrogens is 8. The van der Waals surface area contributed by atoms with Gasteiger partial charge in [0.1, 0.15) is 11.3 Å². The molecule has 0 fully saturated rings. The number of nitrogens with one attached hydrogen (secondary N) is 1. The van der Waals surface area contributed by atoms with Crippen LogP contribution in [0.3, 0.4) is 0 Å². The SMILES string of the molecule is Cc1nn(C(=O)c2ccccc2)c(C)c1Cc1cn(-c2nn(C(=O)CCc3ccccc3)c(C)c2Cc2c[nH]c3ncccc23)c2ncccc12. The highest BCUT2D eigenvalue weighted by molar-refractivity contribution is 5.96. The molecule has 0 aliphatic carbocycles. The number of aromatic amines is 1. The number of aryl methyl sites for hydroxylation is 2. The van der Waals surface area contributed by atoms with Crippen LogP contribution >= 0.6 is 0 Å². The van der Waals surface area contributed by atoms with Gasteiger partial charge in [-0.1, -0.05) is 48.5 Å². The van der Waals surface area contributed by atoms with Crippen molar-refractivity contribution in [2.45, 2.75) is 46.5 Å². The number of rotatable bonds is 9. The van der Waals surface area contributed by atoms with Crippen molar-refractivity contribution in [3.8, 4) is 5.82 Å². The molecule has 0 amide bonds. The molecule has 8 aromatic rings. The third kappa shape index (κ3) is 5.84. The van der Waals surface area contributed by atoms with E-state index in [0.717, 1.165) is 67.0 Å². The summed E-state index contributed by atoms with van der Waals surface area (Å²) in [7, 11) is 0. The predicted octanol–water partition coefficient (Wildman–Crippen LogP) is 7.36. The molecule has 2 aromatic carbocycles. The van der Waals surface area contributed by atoms with Gasteiger partial charge in [-0.3, -0.25) is 14.2 Å². The Morgan fingerprint density at radius 3 is 2.18 bits per heavy atom. The number of benzene rings is 2. The first-order chi connectivity index (χ1) is 24.9. The Balaban J connectivity index is 1.21. The van der Waals surface area contributed by atoms with E-state index in [0.29, 0.717) is 37.1 Å². The first kappa shape index (κ1) is 31.8. The highest BCUT2D eigenvalue weighted by Gasteiger charge is 2.25. The number of carbonyl (C=O) groups excluding carboxylic acids is 2. The minimum atomic E-state index is -0.165. The van der Waals surface area contributed by atoms with Crippen molar-refractivity contribution in [2.24, 2.45) is 0 Å². The number of H-pyrrole nitrogens is 1. The summed E-state index contributed by atoms with van der Waals surface area (Å²) >= 11 is 0. The van der Waals surface area contributed by atoms with Crippen LogP contribution in [0.1, 0.15) is 66.5 Å². The molecule has 0 aliphatic heterocycles. The fraction of sp³-hybridized carbons (Fsp3) is 0.171. The summed E-state index contributed by atoms with van der Waals surface area (Å²) in [6, 6.07) is 27.2. The molecule has 0 atom stereocenters. The Morgan fingerprint density at radius 1 is 0.706 bits per heavy atom. The zero-order valence-corrected chi connectivity index (χ0v) is 28.7. The Morgan fingerprint density at radius 2 is 1.39 bits per heavy atom. The van der Waals surface area contributed by atoms with E-state index in [-0.39, 0.29) is 11.8 Å². The molecule has 10 nitrogen and oxygen atoms in total. The lowest BCUT2D eigenvalue weighted by Gasteiger charge is -2.06. The van der Waals surface area contributed by atoms with Gasteiger partial charge in [0, 0.05) is 77.2 Å². The molecular formula is C41H36N8O2. The number of hydrogen-bond acceptors (Lipinski definition) is 6. The van der Waals surface area contributed by atoms with Crippen LogP contribution in [-0.4, -0.2) is 50.9 Å². The second kappa shape index (κ2) is 13.1. The lowest BCUT2D eigenvalue weighted by Crippen LogP contribution is -2.15. The summed E-state index contributed by atoms with van der Waals surface area (Å²) in [6.07, 6.45) is 9.60. The van der Waals surface area contributed by atoms with Crippen LogP contribution in [0.4, 0.5) is 0 Å². The summed E-state index contributed by atoms with van der Waals surface area (Å²) in [5.41, 5.74) is 9.58. The Labute approximate surface area is 294 Å². The fourth-order valence-corrected chi connectivity index (χ4v) is 6.96. The van der Waals surface area contributed by atoms with E-state index in [2.05, 4.69) is 33.4 Å². The molecule has 0 unspecified atom stereocenters. The van der Waals surface area contributed by atoms with Crippen molar-refractivity contribution >= 4 is 33.9 Å². The van der Waals surface area contributed by atoms with E-state index >= 15 is 0 Å². The molecule has 6 heterocycles. The molecule has 10 heteroatoms. The lowest BCUT2D eigenvalue weighted by molar-refractivity contribution is 0.0883. The van der Waals surface area contributed by atoms with Crippen molar-refractivity contribution in [3.05, 3.63) is 160 Å². The maximum absolute atomic E-state index is 13.8. The van der Waals surface area contributed by atoms with Crippen LogP contribution in [-0.2, 0) is 19.3 Å². The highest BCUT2D eigenvalue weighted by atomic mass is 16.2. The van der Waals surface area contributed by atoms with Gasteiger partial charge in [0.25, 0.3) is 5.91 Å². The second-order valence-corrected chi connectivity index (χ2v) is 12.9. The van der Waals surface area contributed by atoms with Gasteiger partial charge in [-0.05, 0) is 80.3 Å². The maximum Gasteiger partial charge on any atom is 0.278 e. The van der Waals surface area contributed by atoms with Crippen LogP contribution in [0.15, 0.2) is 110 Å². The standard InChI is InChI=1S/C41H36N8O2/c1-26-35(27(2)49(45-26)41(51)30-14-8-5-9-15-30)23-32-25-47(39-34(32)17-11-21-43-39)40-36(22-31-24-44-38-33(31)16-10-20-42-38)28(3)48(46-40)37(50)19-18-29-12-6-4-7-13-29/h4-17,20-21,24-25H,18-19,22-23H2,1-3H3,(H,42,44). The molecule has 8 rings (SSSR count). The molecule has 1 N–H and O–H groups in total. The highest BCUT2D eigenvalue weighted by Crippen LogP contribution is 2.31. The van der Waals surface area contributed by atoms with Gasteiger partial charge in [0.2, 0.25) is 5.91 Å². The van der Waals surface area contributed by atoms with Gasteiger partial charge in [0.05, 0.1) is 11.4 Å². The number of hydrogen-bond donors (Lipinski definition) is 1. The predicted molar refractivity (Wildman–Crippen MR) is 197 cm³/mol. The quantitative estimate of drug-likeness (QED) is 0.171. The summed E-state index contributed by atoms with van der Waals surface area (Å²) in [6.45, 7) is 5.84. The van der Waals surface area contributed by atoms with E-state index in [1.807, 2.05) is 92.2 Å². The lowest BCUT2D eigenvalue weighted by atomic mass is 10.0. The topological polar surface area (TPSA) is 116 Å². The summed E-state index contributed by atoms with van der Waals surface area (Å²) in [4.78, 5) is 39.8. The van der Waals surface area contributed by atoms with Crippen molar-refractivity contribution in [2.75, 3.05) is 0 Å².